The van der Waals surface area contributed by atoms with Crippen molar-refractivity contribution in [3.8, 4) is 0 Å². The van der Waals surface area contributed by atoms with Gasteiger partial charge in [-0.2, -0.15) is 0 Å². The molecule has 0 fully saturated rings. The topological polar surface area (TPSA) is 107 Å². The van der Waals surface area contributed by atoms with Crippen molar-refractivity contribution in [3.05, 3.63) is 23.8 Å². The van der Waals surface area contributed by atoms with Crippen LogP contribution in [0.4, 0.5) is 5.95 Å². The molecule has 126 valence electrons. The second kappa shape index (κ2) is 6.67. The number of aryl methyl sites for hydroxylation is 2. The van der Waals surface area contributed by atoms with E-state index < -0.39 is 21.8 Å². The van der Waals surface area contributed by atoms with Gasteiger partial charge in [0.1, 0.15) is 9.84 Å². The van der Waals surface area contributed by atoms with Crippen molar-refractivity contribution in [1.29, 1.82) is 0 Å². The van der Waals surface area contributed by atoms with Gasteiger partial charge in [-0.25, -0.2) is 13.4 Å². The first-order valence-electron chi connectivity index (χ1n) is 7.42. The van der Waals surface area contributed by atoms with Gasteiger partial charge in [-0.1, -0.05) is 6.07 Å². The largest absolute Gasteiger partial charge is 0.320 e. The van der Waals surface area contributed by atoms with Gasteiger partial charge in [0.05, 0.1) is 22.8 Å². The SMILES string of the molecule is CCn1c(NC(=O)C(N)CCS(C)(=O)=O)nc2cc(C)ccc21. The number of aromatic nitrogens is 2. The summed E-state index contributed by atoms with van der Waals surface area (Å²) in [5.41, 5.74) is 8.58. The van der Waals surface area contributed by atoms with E-state index in [0.29, 0.717) is 12.5 Å². The minimum atomic E-state index is -3.14. The van der Waals surface area contributed by atoms with Gasteiger partial charge in [0.2, 0.25) is 11.9 Å². The molecule has 0 saturated heterocycles. The van der Waals surface area contributed by atoms with Gasteiger partial charge >= 0.3 is 0 Å². The van der Waals surface area contributed by atoms with Crippen LogP contribution in [0.15, 0.2) is 18.2 Å². The van der Waals surface area contributed by atoms with Gasteiger partial charge < -0.3 is 10.3 Å². The summed E-state index contributed by atoms with van der Waals surface area (Å²) in [6.07, 6.45) is 1.20. The Kier molecular flexibility index (Phi) is 5.06. The number of amides is 1. The van der Waals surface area contributed by atoms with E-state index in [0.717, 1.165) is 22.9 Å². The van der Waals surface area contributed by atoms with Crippen LogP contribution in [0.25, 0.3) is 11.0 Å². The van der Waals surface area contributed by atoms with Crippen molar-refractivity contribution in [1.82, 2.24) is 9.55 Å². The molecule has 0 aliphatic carbocycles. The molecule has 2 rings (SSSR count). The number of fused-ring (bicyclic) bond motifs is 1. The van der Waals surface area contributed by atoms with Gasteiger partial charge in [0.25, 0.3) is 0 Å². The van der Waals surface area contributed by atoms with E-state index in [9.17, 15) is 13.2 Å². The van der Waals surface area contributed by atoms with Crippen LogP contribution >= 0.6 is 0 Å². The summed E-state index contributed by atoms with van der Waals surface area (Å²) in [6.45, 7) is 4.58. The molecular formula is C15H22N4O3S. The molecule has 2 aromatic rings. The highest BCUT2D eigenvalue weighted by Gasteiger charge is 2.19. The van der Waals surface area contributed by atoms with E-state index in [1.54, 1.807) is 0 Å². The molecule has 23 heavy (non-hydrogen) atoms. The standard InChI is InChI=1S/C15H22N4O3S/c1-4-19-13-6-5-10(2)9-12(13)17-15(19)18-14(20)11(16)7-8-23(3,21)22/h5-6,9,11H,4,7-8,16H2,1-3H3,(H,17,18,20). The predicted molar refractivity (Wildman–Crippen MR) is 91.1 cm³/mol. The zero-order chi connectivity index (χ0) is 17.2. The lowest BCUT2D eigenvalue weighted by molar-refractivity contribution is -0.117. The van der Waals surface area contributed by atoms with E-state index in [4.69, 9.17) is 5.73 Å². The van der Waals surface area contributed by atoms with E-state index in [2.05, 4.69) is 10.3 Å². The molecule has 0 aliphatic heterocycles. The van der Waals surface area contributed by atoms with Gasteiger partial charge in [-0.3, -0.25) is 10.1 Å². The van der Waals surface area contributed by atoms with E-state index in [1.165, 1.54) is 0 Å². The minimum Gasteiger partial charge on any atom is -0.320 e. The molecule has 1 amide bonds. The Morgan fingerprint density at radius 1 is 1.43 bits per heavy atom. The van der Waals surface area contributed by atoms with Crippen molar-refractivity contribution in [2.45, 2.75) is 32.9 Å². The third-order valence-electron chi connectivity index (χ3n) is 3.59. The number of imidazole rings is 1. The molecule has 1 aromatic heterocycles. The lowest BCUT2D eigenvalue weighted by atomic mass is 10.2. The number of nitrogens with one attached hydrogen (secondary N) is 1. The summed E-state index contributed by atoms with van der Waals surface area (Å²) in [6, 6.07) is 5.00. The summed E-state index contributed by atoms with van der Waals surface area (Å²) in [7, 11) is -3.14. The first-order chi connectivity index (χ1) is 10.7. The lowest BCUT2D eigenvalue weighted by Gasteiger charge is -2.12. The number of hydrogen-bond donors (Lipinski definition) is 2. The Balaban J connectivity index is 2.19. The van der Waals surface area contributed by atoms with Crippen molar-refractivity contribution < 1.29 is 13.2 Å². The van der Waals surface area contributed by atoms with Crippen molar-refractivity contribution in [2.24, 2.45) is 5.73 Å². The minimum absolute atomic E-state index is 0.0795. The number of carbonyl (C=O) groups is 1. The summed E-state index contributed by atoms with van der Waals surface area (Å²) in [5, 5.41) is 2.70. The van der Waals surface area contributed by atoms with Crippen LogP contribution in [0, 0.1) is 6.92 Å². The van der Waals surface area contributed by atoms with Gasteiger partial charge in [0.15, 0.2) is 0 Å². The highest BCUT2D eigenvalue weighted by atomic mass is 32.2. The van der Waals surface area contributed by atoms with E-state index in [1.807, 2.05) is 36.6 Å². The summed E-state index contributed by atoms with van der Waals surface area (Å²) in [5.74, 6) is -0.131. The van der Waals surface area contributed by atoms with Crippen LogP contribution in [-0.4, -0.2) is 41.9 Å². The van der Waals surface area contributed by atoms with Crippen molar-refractivity contribution in [3.63, 3.8) is 0 Å². The van der Waals surface area contributed by atoms with Crippen molar-refractivity contribution in [2.75, 3.05) is 17.3 Å². The van der Waals surface area contributed by atoms with E-state index >= 15 is 0 Å². The zero-order valence-electron chi connectivity index (χ0n) is 13.5. The number of rotatable bonds is 6. The maximum absolute atomic E-state index is 12.2. The fraction of sp³-hybridized carbons (Fsp3) is 0.467. The van der Waals surface area contributed by atoms with Gasteiger partial charge in [-0.05, 0) is 38.0 Å². The molecule has 1 heterocycles. The number of nitrogens with two attached hydrogens (primary N) is 1. The number of carbonyl (C=O) groups excluding carboxylic acids is 1. The number of sulfone groups is 1. The van der Waals surface area contributed by atoms with Crippen molar-refractivity contribution >= 4 is 32.7 Å². The Morgan fingerprint density at radius 2 is 2.13 bits per heavy atom. The number of anilines is 1. The molecule has 0 aliphatic rings. The monoisotopic (exact) mass is 338 g/mol. The molecule has 1 atom stereocenters. The maximum Gasteiger partial charge on any atom is 0.243 e. The van der Waals surface area contributed by atoms with E-state index in [-0.39, 0.29) is 12.2 Å². The maximum atomic E-state index is 12.2. The third-order valence-corrected chi connectivity index (χ3v) is 4.57. The fourth-order valence-corrected chi connectivity index (χ4v) is 3.01. The molecule has 1 unspecified atom stereocenters. The molecular weight excluding hydrogens is 316 g/mol. The molecule has 0 radical (unpaired) electrons. The zero-order valence-corrected chi connectivity index (χ0v) is 14.4. The second-order valence-corrected chi connectivity index (χ2v) is 7.95. The third kappa shape index (κ3) is 4.29. The molecule has 1 aromatic carbocycles. The van der Waals surface area contributed by atoms with Crippen LogP contribution in [0.5, 0.6) is 0 Å². The average molecular weight is 338 g/mol. The summed E-state index contributed by atoms with van der Waals surface area (Å²) >= 11 is 0. The smallest absolute Gasteiger partial charge is 0.243 e. The Labute approximate surface area is 135 Å². The fourth-order valence-electron chi connectivity index (χ4n) is 2.33. The second-order valence-electron chi connectivity index (χ2n) is 5.69. The Hall–Kier alpha value is -1.93. The summed E-state index contributed by atoms with van der Waals surface area (Å²) in [4.78, 5) is 16.6. The molecule has 3 N–H and O–H groups in total. The Bertz CT molecular complexity index is 827. The number of nitrogens with zero attached hydrogens (tertiary/aromatic N) is 2. The number of hydrogen-bond acceptors (Lipinski definition) is 5. The summed E-state index contributed by atoms with van der Waals surface area (Å²) < 4.78 is 24.2. The number of benzene rings is 1. The lowest BCUT2D eigenvalue weighted by Crippen LogP contribution is -2.37. The highest BCUT2D eigenvalue weighted by molar-refractivity contribution is 7.90. The molecule has 0 saturated carbocycles. The average Bonchev–Trinajstić information content (AvgIpc) is 2.79. The Morgan fingerprint density at radius 3 is 2.74 bits per heavy atom. The predicted octanol–water partition coefficient (Wildman–Crippen LogP) is 1.07. The van der Waals surface area contributed by atoms with Gasteiger partial charge in [0, 0.05) is 12.8 Å². The molecule has 0 spiro atoms. The first-order valence-corrected chi connectivity index (χ1v) is 9.48. The quantitative estimate of drug-likeness (QED) is 0.819. The van der Waals surface area contributed by atoms with Crippen LogP contribution in [0.3, 0.4) is 0 Å². The van der Waals surface area contributed by atoms with Crippen LogP contribution in [0.1, 0.15) is 18.9 Å². The first kappa shape index (κ1) is 17.4. The normalized spacial score (nSPS) is 13.2. The molecule has 0 bridgehead atoms. The van der Waals surface area contributed by atoms with Crippen LogP contribution in [-0.2, 0) is 21.2 Å². The molecule has 8 heteroatoms. The van der Waals surface area contributed by atoms with Crippen LogP contribution < -0.4 is 11.1 Å². The molecule has 7 nitrogen and oxygen atoms in total. The highest BCUT2D eigenvalue weighted by Crippen LogP contribution is 2.21. The van der Waals surface area contributed by atoms with Crippen LogP contribution in [0.2, 0.25) is 0 Å². The van der Waals surface area contributed by atoms with Gasteiger partial charge in [-0.15, -0.1) is 0 Å².